The van der Waals surface area contributed by atoms with Crippen molar-refractivity contribution in [1.82, 2.24) is 20.2 Å². The quantitative estimate of drug-likeness (QED) is 0.751. The molecule has 92 valence electrons. The van der Waals surface area contributed by atoms with E-state index in [0.29, 0.717) is 5.65 Å². The second-order valence-corrected chi connectivity index (χ2v) is 4.46. The summed E-state index contributed by atoms with van der Waals surface area (Å²) < 4.78 is 0. The van der Waals surface area contributed by atoms with Crippen molar-refractivity contribution in [2.45, 2.75) is 39.2 Å². The van der Waals surface area contributed by atoms with Crippen molar-refractivity contribution in [3.63, 3.8) is 0 Å². The molecule has 0 aliphatic carbocycles. The minimum atomic E-state index is 0.00495. The van der Waals surface area contributed by atoms with Crippen molar-refractivity contribution in [1.29, 1.82) is 0 Å². The highest BCUT2D eigenvalue weighted by Crippen LogP contribution is 2.25. The van der Waals surface area contributed by atoms with E-state index in [-0.39, 0.29) is 11.5 Å². The monoisotopic (exact) mass is 234 g/mol. The van der Waals surface area contributed by atoms with Crippen LogP contribution in [0.4, 0.5) is 11.8 Å². The first-order valence-corrected chi connectivity index (χ1v) is 5.82. The number of nitrogens with one attached hydrogen (secondary N) is 2. The van der Waals surface area contributed by atoms with E-state index in [1.807, 2.05) is 0 Å². The van der Waals surface area contributed by atoms with E-state index < -0.39 is 0 Å². The van der Waals surface area contributed by atoms with Gasteiger partial charge in [0.25, 0.3) is 0 Å². The largest absolute Gasteiger partial charge is 0.368 e. The molecule has 17 heavy (non-hydrogen) atoms. The number of hydrogen-bond acceptors (Lipinski definition) is 5. The second-order valence-electron chi connectivity index (χ2n) is 4.46. The highest BCUT2D eigenvalue weighted by molar-refractivity contribution is 5.87. The molecule has 0 saturated carbocycles. The van der Waals surface area contributed by atoms with Gasteiger partial charge >= 0.3 is 0 Å². The zero-order chi connectivity index (χ0) is 12.5. The molecule has 2 heterocycles. The lowest BCUT2D eigenvalue weighted by Gasteiger charge is -2.29. The lowest BCUT2D eigenvalue weighted by Crippen LogP contribution is -2.33. The van der Waals surface area contributed by atoms with Crippen LogP contribution in [0.2, 0.25) is 0 Å². The smallest absolute Gasteiger partial charge is 0.224 e. The summed E-state index contributed by atoms with van der Waals surface area (Å²) in [4.78, 5) is 8.34. The Balaban J connectivity index is 2.44. The molecular formula is C11H18N6. The van der Waals surface area contributed by atoms with E-state index in [9.17, 15) is 0 Å². The van der Waals surface area contributed by atoms with Gasteiger partial charge in [0.05, 0.1) is 11.6 Å². The van der Waals surface area contributed by atoms with Gasteiger partial charge in [0.1, 0.15) is 5.82 Å². The molecule has 6 heteroatoms. The number of nitrogen functional groups attached to an aromatic ring is 1. The summed E-state index contributed by atoms with van der Waals surface area (Å²) in [6, 6.07) is 0. The molecule has 0 fully saturated rings. The SMILES string of the molecule is CCC(C)(CC)Nc1nc(N)nc2[nH]ncc12. The zero-order valence-corrected chi connectivity index (χ0v) is 10.4. The van der Waals surface area contributed by atoms with Crippen LogP contribution in [0.1, 0.15) is 33.6 Å². The van der Waals surface area contributed by atoms with Gasteiger partial charge in [-0.2, -0.15) is 15.1 Å². The average molecular weight is 234 g/mol. The number of hydrogen-bond donors (Lipinski definition) is 3. The number of nitrogens with two attached hydrogens (primary N) is 1. The van der Waals surface area contributed by atoms with E-state index in [1.165, 1.54) is 0 Å². The van der Waals surface area contributed by atoms with Crippen molar-refractivity contribution < 1.29 is 0 Å². The standard InChI is InChI=1S/C11H18N6/c1-4-11(3,5-2)16-8-7-6-13-17-9(7)15-10(12)14-8/h6H,4-5H2,1-3H3,(H4,12,13,14,15,16,17). The van der Waals surface area contributed by atoms with Gasteiger partial charge in [-0.1, -0.05) is 13.8 Å². The number of aromatic nitrogens is 4. The third-order valence-corrected chi connectivity index (χ3v) is 3.31. The van der Waals surface area contributed by atoms with Crippen LogP contribution in [0.25, 0.3) is 11.0 Å². The first kappa shape index (κ1) is 11.6. The first-order valence-electron chi connectivity index (χ1n) is 5.82. The van der Waals surface area contributed by atoms with E-state index >= 15 is 0 Å². The van der Waals surface area contributed by atoms with Crippen molar-refractivity contribution in [2.75, 3.05) is 11.1 Å². The molecule has 2 aromatic rings. The molecule has 0 aliphatic rings. The van der Waals surface area contributed by atoms with Gasteiger partial charge in [0.2, 0.25) is 5.95 Å². The second kappa shape index (κ2) is 4.20. The van der Waals surface area contributed by atoms with Crippen molar-refractivity contribution in [3.05, 3.63) is 6.20 Å². The molecule has 0 amide bonds. The summed E-state index contributed by atoms with van der Waals surface area (Å²) in [6.45, 7) is 6.46. The van der Waals surface area contributed by atoms with Crippen LogP contribution in [0, 0.1) is 0 Å². The number of rotatable bonds is 4. The normalized spacial score (nSPS) is 11.9. The van der Waals surface area contributed by atoms with Gasteiger partial charge in [-0.05, 0) is 19.8 Å². The van der Waals surface area contributed by atoms with Crippen LogP contribution in [0.3, 0.4) is 0 Å². The maximum Gasteiger partial charge on any atom is 0.224 e. The Morgan fingerprint density at radius 2 is 2.06 bits per heavy atom. The minimum Gasteiger partial charge on any atom is -0.368 e. The van der Waals surface area contributed by atoms with E-state index in [2.05, 4.69) is 46.3 Å². The van der Waals surface area contributed by atoms with Crippen LogP contribution in [0.5, 0.6) is 0 Å². The third kappa shape index (κ3) is 2.15. The number of fused-ring (bicyclic) bond motifs is 1. The van der Waals surface area contributed by atoms with Crippen LogP contribution in [-0.4, -0.2) is 25.7 Å². The number of anilines is 2. The Hall–Kier alpha value is -1.85. The Bertz CT molecular complexity index is 514. The third-order valence-electron chi connectivity index (χ3n) is 3.31. The van der Waals surface area contributed by atoms with Crippen LogP contribution in [0.15, 0.2) is 6.20 Å². The van der Waals surface area contributed by atoms with Crippen molar-refractivity contribution in [2.24, 2.45) is 0 Å². The lowest BCUT2D eigenvalue weighted by atomic mass is 9.95. The van der Waals surface area contributed by atoms with Crippen molar-refractivity contribution >= 4 is 22.8 Å². The summed E-state index contributed by atoms with van der Waals surface area (Å²) in [7, 11) is 0. The molecule has 2 aromatic heterocycles. The molecular weight excluding hydrogens is 216 g/mol. The van der Waals surface area contributed by atoms with Gasteiger partial charge in [-0.15, -0.1) is 0 Å². The Labute approximate surface area is 100 Å². The fraction of sp³-hybridized carbons (Fsp3) is 0.545. The van der Waals surface area contributed by atoms with Crippen molar-refractivity contribution in [3.8, 4) is 0 Å². The molecule has 0 aromatic carbocycles. The molecule has 4 N–H and O–H groups in total. The van der Waals surface area contributed by atoms with Gasteiger partial charge in [0.15, 0.2) is 5.65 Å². The van der Waals surface area contributed by atoms with Gasteiger partial charge < -0.3 is 11.1 Å². The van der Waals surface area contributed by atoms with E-state index in [0.717, 1.165) is 24.0 Å². The molecule has 0 unspecified atom stereocenters. The van der Waals surface area contributed by atoms with Crippen LogP contribution in [-0.2, 0) is 0 Å². The van der Waals surface area contributed by atoms with Crippen LogP contribution >= 0.6 is 0 Å². The van der Waals surface area contributed by atoms with Gasteiger partial charge in [-0.25, -0.2) is 0 Å². The first-order chi connectivity index (χ1) is 8.08. The maximum atomic E-state index is 5.68. The molecule has 0 radical (unpaired) electrons. The Morgan fingerprint density at radius 3 is 2.71 bits per heavy atom. The molecule has 0 aliphatic heterocycles. The van der Waals surface area contributed by atoms with Gasteiger partial charge in [0, 0.05) is 5.54 Å². The molecule has 0 bridgehead atoms. The van der Waals surface area contributed by atoms with E-state index in [1.54, 1.807) is 6.20 Å². The lowest BCUT2D eigenvalue weighted by molar-refractivity contribution is 0.477. The van der Waals surface area contributed by atoms with E-state index in [4.69, 9.17) is 5.73 Å². The minimum absolute atomic E-state index is 0.00495. The fourth-order valence-electron chi connectivity index (χ4n) is 1.66. The summed E-state index contributed by atoms with van der Waals surface area (Å²) in [5.74, 6) is 0.992. The highest BCUT2D eigenvalue weighted by atomic mass is 15.2. The Morgan fingerprint density at radius 1 is 1.35 bits per heavy atom. The number of H-pyrrole nitrogens is 1. The molecule has 0 spiro atoms. The predicted octanol–water partition coefficient (Wildman–Crippen LogP) is 1.93. The molecule has 6 nitrogen and oxygen atoms in total. The summed E-state index contributed by atoms with van der Waals surface area (Å²) in [6.07, 6.45) is 3.72. The van der Waals surface area contributed by atoms with Crippen LogP contribution < -0.4 is 11.1 Å². The summed E-state index contributed by atoms with van der Waals surface area (Å²) >= 11 is 0. The molecule has 0 saturated heterocycles. The zero-order valence-electron chi connectivity index (χ0n) is 10.4. The summed E-state index contributed by atoms with van der Waals surface area (Å²) in [5.41, 5.74) is 6.34. The maximum absolute atomic E-state index is 5.68. The fourth-order valence-corrected chi connectivity index (χ4v) is 1.66. The predicted molar refractivity (Wildman–Crippen MR) is 68.7 cm³/mol. The highest BCUT2D eigenvalue weighted by Gasteiger charge is 2.21. The summed E-state index contributed by atoms with van der Waals surface area (Å²) in [5, 5.41) is 11.1. The topological polar surface area (TPSA) is 92.5 Å². The molecule has 2 rings (SSSR count). The number of nitrogens with zero attached hydrogens (tertiary/aromatic N) is 3. The molecule has 0 atom stereocenters. The average Bonchev–Trinajstić information content (AvgIpc) is 2.77. The Kier molecular flexibility index (Phi) is 2.87. The number of aromatic amines is 1. The van der Waals surface area contributed by atoms with Gasteiger partial charge in [-0.3, -0.25) is 5.10 Å².